The van der Waals surface area contributed by atoms with Crippen LogP contribution in [0, 0.1) is 5.82 Å². The summed E-state index contributed by atoms with van der Waals surface area (Å²) >= 11 is 0. The van der Waals surface area contributed by atoms with E-state index in [1.54, 1.807) is 12.1 Å². The van der Waals surface area contributed by atoms with Gasteiger partial charge in [0.1, 0.15) is 0 Å². The Morgan fingerprint density at radius 2 is 2.38 bits per heavy atom. The zero-order chi connectivity index (χ0) is 15.2. The summed E-state index contributed by atoms with van der Waals surface area (Å²) in [5.74, 6) is -0.250. The molecule has 0 bridgehead atoms. The predicted octanol–water partition coefficient (Wildman–Crippen LogP) is 2.97. The number of rotatable bonds is 6. The van der Waals surface area contributed by atoms with E-state index in [2.05, 4.69) is 5.32 Å². The molecule has 2 unspecified atom stereocenters. The maximum atomic E-state index is 13.6. The average molecular weight is 295 g/mol. The minimum absolute atomic E-state index is 0.0331. The van der Waals surface area contributed by atoms with Gasteiger partial charge in [-0.1, -0.05) is 6.07 Å². The molecule has 0 spiro atoms. The number of benzene rings is 1. The number of nitrogens with one attached hydrogen (secondary N) is 1. The molecule has 0 saturated carbocycles. The van der Waals surface area contributed by atoms with Gasteiger partial charge in [-0.3, -0.25) is 4.79 Å². The first-order valence-electron chi connectivity index (χ1n) is 7.34. The molecule has 21 heavy (non-hydrogen) atoms. The fraction of sp³-hybridized carbons (Fsp3) is 0.562. The second kappa shape index (κ2) is 7.41. The summed E-state index contributed by atoms with van der Waals surface area (Å²) in [6, 6.07) is 4.48. The van der Waals surface area contributed by atoms with Crippen LogP contribution in [-0.4, -0.2) is 25.7 Å². The molecule has 0 radical (unpaired) electrons. The molecule has 5 heteroatoms. The Morgan fingerprint density at radius 1 is 1.57 bits per heavy atom. The lowest BCUT2D eigenvalue weighted by atomic mass is 10.1. The molecule has 1 aliphatic rings. The summed E-state index contributed by atoms with van der Waals surface area (Å²) in [5, 5.41) is 2.88. The van der Waals surface area contributed by atoms with Crippen LogP contribution in [0.1, 0.15) is 44.2 Å². The van der Waals surface area contributed by atoms with Crippen molar-refractivity contribution in [2.24, 2.45) is 0 Å². The third-order valence-corrected chi connectivity index (χ3v) is 3.77. The number of carbonyl (C=O) groups excluding carboxylic acids is 1. The lowest BCUT2D eigenvalue weighted by Gasteiger charge is -2.16. The van der Waals surface area contributed by atoms with Crippen LogP contribution in [0.2, 0.25) is 0 Å². The highest BCUT2D eigenvalue weighted by Crippen LogP contribution is 2.22. The first-order chi connectivity index (χ1) is 10.1. The SMILES string of the molecule is COc1ccc(C(C)NC(=O)CCC2CCCO2)cc1F. The van der Waals surface area contributed by atoms with E-state index in [1.807, 2.05) is 6.92 Å². The monoisotopic (exact) mass is 295 g/mol. The van der Waals surface area contributed by atoms with Gasteiger partial charge in [-0.25, -0.2) is 4.39 Å². The summed E-state index contributed by atoms with van der Waals surface area (Å²) in [6.45, 7) is 2.64. The second-order valence-electron chi connectivity index (χ2n) is 5.36. The zero-order valence-corrected chi connectivity index (χ0v) is 12.5. The van der Waals surface area contributed by atoms with Gasteiger partial charge in [0.05, 0.1) is 19.3 Å². The Morgan fingerprint density at radius 3 is 3.00 bits per heavy atom. The van der Waals surface area contributed by atoms with Gasteiger partial charge in [0.25, 0.3) is 0 Å². The summed E-state index contributed by atoms with van der Waals surface area (Å²) in [6.07, 6.45) is 3.51. The van der Waals surface area contributed by atoms with Crippen LogP contribution in [-0.2, 0) is 9.53 Å². The molecule has 0 aromatic heterocycles. The number of hydrogen-bond acceptors (Lipinski definition) is 3. The summed E-state index contributed by atoms with van der Waals surface area (Å²) in [4.78, 5) is 11.9. The molecule has 0 aliphatic carbocycles. The van der Waals surface area contributed by atoms with Crippen LogP contribution in [0.5, 0.6) is 5.75 Å². The van der Waals surface area contributed by atoms with Crippen molar-refractivity contribution < 1.29 is 18.7 Å². The molecule has 1 aromatic carbocycles. The number of methoxy groups -OCH3 is 1. The average Bonchev–Trinajstić information content (AvgIpc) is 2.98. The fourth-order valence-corrected chi connectivity index (χ4v) is 2.51. The van der Waals surface area contributed by atoms with Crippen molar-refractivity contribution in [3.8, 4) is 5.75 Å². The van der Waals surface area contributed by atoms with Gasteiger partial charge in [-0.15, -0.1) is 0 Å². The van der Waals surface area contributed by atoms with Gasteiger partial charge < -0.3 is 14.8 Å². The molecule has 1 heterocycles. The quantitative estimate of drug-likeness (QED) is 0.877. The standard InChI is InChI=1S/C16H22FNO3/c1-11(12-5-7-15(20-2)14(17)10-12)18-16(19)8-6-13-4-3-9-21-13/h5,7,10-11,13H,3-4,6,8-9H2,1-2H3,(H,18,19). The lowest BCUT2D eigenvalue weighted by Crippen LogP contribution is -2.27. The summed E-state index contributed by atoms with van der Waals surface area (Å²) in [7, 11) is 1.42. The molecule has 4 nitrogen and oxygen atoms in total. The zero-order valence-electron chi connectivity index (χ0n) is 12.5. The molecular weight excluding hydrogens is 273 g/mol. The maximum absolute atomic E-state index is 13.6. The first-order valence-corrected chi connectivity index (χ1v) is 7.34. The predicted molar refractivity (Wildman–Crippen MR) is 77.7 cm³/mol. The smallest absolute Gasteiger partial charge is 0.220 e. The summed E-state index contributed by atoms with van der Waals surface area (Å²) in [5.41, 5.74) is 0.721. The van der Waals surface area contributed by atoms with Crippen LogP contribution in [0.15, 0.2) is 18.2 Å². The van der Waals surface area contributed by atoms with Gasteiger partial charge in [0.2, 0.25) is 5.91 Å². The highest BCUT2D eigenvalue weighted by molar-refractivity contribution is 5.76. The molecule has 1 fully saturated rings. The van der Waals surface area contributed by atoms with Gasteiger partial charge in [0, 0.05) is 13.0 Å². The molecule has 1 aliphatic heterocycles. The van der Waals surface area contributed by atoms with Crippen LogP contribution in [0.4, 0.5) is 4.39 Å². The Balaban J connectivity index is 1.83. The van der Waals surface area contributed by atoms with Gasteiger partial charge in [-0.05, 0) is 43.9 Å². The van der Waals surface area contributed by atoms with Gasteiger partial charge in [0.15, 0.2) is 11.6 Å². The van der Waals surface area contributed by atoms with E-state index in [1.165, 1.54) is 13.2 Å². The molecule has 1 amide bonds. The van der Waals surface area contributed by atoms with Crippen LogP contribution < -0.4 is 10.1 Å². The Bertz CT molecular complexity index is 486. The highest BCUT2D eigenvalue weighted by Gasteiger charge is 2.18. The molecular formula is C16H22FNO3. The van der Waals surface area contributed by atoms with Gasteiger partial charge in [-0.2, -0.15) is 0 Å². The van der Waals surface area contributed by atoms with E-state index in [9.17, 15) is 9.18 Å². The van der Waals surface area contributed by atoms with Crippen LogP contribution in [0.3, 0.4) is 0 Å². The Labute approximate surface area is 124 Å². The fourth-order valence-electron chi connectivity index (χ4n) is 2.51. The number of hydrogen-bond donors (Lipinski definition) is 1. The van der Waals surface area contributed by atoms with Crippen molar-refractivity contribution in [3.05, 3.63) is 29.6 Å². The second-order valence-corrected chi connectivity index (χ2v) is 5.36. The van der Waals surface area contributed by atoms with Crippen LogP contribution in [0.25, 0.3) is 0 Å². The maximum Gasteiger partial charge on any atom is 0.220 e. The van der Waals surface area contributed by atoms with E-state index in [0.717, 1.165) is 31.4 Å². The molecule has 1 aromatic rings. The topological polar surface area (TPSA) is 47.6 Å². The van der Waals surface area contributed by atoms with E-state index < -0.39 is 5.82 Å². The van der Waals surface area contributed by atoms with Gasteiger partial charge >= 0.3 is 0 Å². The Hall–Kier alpha value is -1.62. The normalized spacial score (nSPS) is 19.3. The number of amides is 1. The Kier molecular flexibility index (Phi) is 5.56. The number of carbonyl (C=O) groups is 1. The van der Waals surface area contributed by atoms with Crippen molar-refractivity contribution in [3.63, 3.8) is 0 Å². The lowest BCUT2D eigenvalue weighted by molar-refractivity contribution is -0.122. The van der Waals surface area contributed by atoms with Crippen LogP contribution >= 0.6 is 0 Å². The summed E-state index contributed by atoms with van der Waals surface area (Å²) < 4.78 is 24.0. The number of ether oxygens (including phenoxy) is 2. The first kappa shape index (κ1) is 15.8. The minimum atomic E-state index is -0.421. The third-order valence-electron chi connectivity index (χ3n) is 3.77. The van der Waals surface area contributed by atoms with E-state index in [0.29, 0.717) is 6.42 Å². The minimum Gasteiger partial charge on any atom is -0.494 e. The van der Waals surface area contributed by atoms with Crippen molar-refractivity contribution in [2.45, 2.75) is 44.8 Å². The van der Waals surface area contributed by atoms with Crippen molar-refractivity contribution >= 4 is 5.91 Å². The molecule has 2 atom stereocenters. The van der Waals surface area contributed by atoms with Crippen molar-refractivity contribution in [2.75, 3.05) is 13.7 Å². The largest absolute Gasteiger partial charge is 0.494 e. The van der Waals surface area contributed by atoms with E-state index in [4.69, 9.17) is 9.47 Å². The van der Waals surface area contributed by atoms with Crippen molar-refractivity contribution in [1.29, 1.82) is 0 Å². The molecule has 2 rings (SSSR count). The van der Waals surface area contributed by atoms with E-state index >= 15 is 0 Å². The molecule has 1 saturated heterocycles. The third kappa shape index (κ3) is 4.43. The highest BCUT2D eigenvalue weighted by atomic mass is 19.1. The number of halogens is 1. The molecule has 1 N–H and O–H groups in total. The van der Waals surface area contributed by atoms with Crippen molar-refractivity contribution in [1.82, 2.24) is 5.32 Å². The molecule has 116 valence electrons. The van der Waals surface area contributed by atoms with E-state index in [-0.39, 0.29) is 23.8 Å².